The van der Waals surface area contributed by atoms with Gasteiger partial charge < -0.3 is 5.32 Å². The summed E-state index contributed by atoms with van der Waals surface area (Å²) in [5.74, 6) is -0.117. The number of hydrogen-bond donors (Lipinski definition) is 1. The maximum atomic E-state index is 12.8. The van der Waals surface area contributed by atoms with E-state index in [0.717, 1.165) is 17.2 Å². The molecule has 1 aliphatic rings. The van der Waals surface area contributed by atoms with Crippen LogP contribution in [0.3, 0.4) is 0 Å². The summed E-state index contributed by atoms with van der Waals surface area (Å²) in [5.41, 5.74) is 1.90. The summed E-state index contributed by atoms with van der Waals surface area (Å²) >= 11 is 0. The Morgan fingerprint density at radius 1 is 1.10 bits per heavy atom. The number of amides is 1. The van der Waals surface area contributed by atoms with E-state index >= 15 is 0 Å². The molecule has 10 heteroatoms. The van der Waals surface area contributed by atoms with Crippen LogP contribution in [0.2, 0.25) is 0 Å². The monoisotopic (exact) mass is 432 g/mol. The van der Waals surface area contributed by atoms with Crippen LogP contribution in [0.25, 0.3) is 0 Å². The fourth-order valence-corrected chi connectivity index (χ4v) is 4.76. The normalized spacial score (nSPS) is 15.6. The van der Waals surface area contributed by atoms with E-state index in [1.807, 2.05) is 36.1 Å². The predicted octanol–water partition coefficient (Wildman–Crippen LogP) is 1.53. The smallest absolute Gasteiger partial charge is 0.270 e. The number of benzene rings is 2. The van der Waals surface area contributed by atoms with E-state index in [2.05, 4.69) is 5.32 Å². The molecule has 2 aromatic rings. The molecule has 0 aromatic heterocycles. The number of nitrogens with zero attached hydrogens (tertiary/aromatic N) is 3. The molecular formula is C20H24N4O5S. The standard InChI is InChI=1S/C20H24N4O5S/c1-16-5-2-3-6-17(16)14-21-20(25)15-22-9-11-23(12-10-22)30(28,29)19-8-4-7-18(13-19)24(26)27/h2-8,13H,9-12,14-15H2,1H3,(H,21,25). The predicted molar refractivity (Wildman–Crippen MR) is 111 cm³/mol. The average Bonchev–Trinajstić information content (AvgIpc) is 2.73. The van der Waals surface area contributed by atoms with Crippen LogP contribution in [0.4, 0.5) is 5.69 Å². The van der Waals surface area contributed by atoms with Gasteiger partial charge in [0, 0.05) is 44.9 Å². The highest BCUT2D eigenvalue weighted by atomic mass is 32.2. The fourth-order valence-electron chi connectivity index (χ4n) is 3.30. The summed E-state index contributed by atoms with van der Waals surface area (Å²) in [6.45, 7) is 3.88. The summed E-state index contributed by atoms with van der Waals surface area (Å²) in [6.07, 6.45) is 0. The Kier molecular flexibility index (Phi) is 6.80. The molecular weight excluding hydrogens is 408 g/mol. The Hall–Kier alpha value is -2.82. The maximum Gasteiger partial charge on any atom is 0.270 e. The number of nitro groups is 1. The van der Waals surface area contributed by atoms with E-state index in [1.165, 1.54) is 22.5 Å². The van der Waals surface area contributed by atoms with Gasteiger partial charge in [0.15, 0.2) is 0 Å². The van der Waals surface area contributed by atoms with Crippen molar-refractivity contribution in [3.63, 3.8) is 0 Å². The minimum Gasteiger partial charge on any atom is -0.351 e. The first-order valence-corrected chi connectivity index (χ1v) is 11.0. The van der Waals surface area contributed by atoms with Crippen molar-refractivity contribution in [3.8, 4) is 0 Å². The number of aryl methyl sites for hydroxylation is 1. The molecule has 0 radical (unpaired) electrons. The summed E-state index contributed by atoms with van der Waals surface area (Å²) < 4.78 is 26.9. The highest BCUT2D eigenvalue weighted by Gasteiger charge is 2.30. The second kappa shape index (κ2) is 9.33. The minimum absolute atomic E-state index is 0.0962. The first-order chi connectivity index (χ1) is 14.3. The summed E-state index contributed by atoms with van der Waals surface area (Å²) in [7, 11) is -3.82. The molecule has 1 amide bonds. The van der Waals surface area contributed by atoms with Gasteiger partial charge in [0.25, 0.3) is 5.69 Å². The van der Waals surface area contributed by atoms with Gasteiger partial charge in [0.05, 0.1) is 16.4 Å². The largest absolute Gasteiger partial charge is 0.351 e. The number of sulfonamides is 1. The van der Waals surface area contributed by atoms with Gasteiger partial charge in [-0.25, -0.2) is 8.42 Å². The van der Waals surface area contributed by atoms with Crippen molar-refractivity contribution in [1.82, 2.24) is 14.5 Å². The first-order valence-electron chi connectivity index (χ1n) is 9.55. The maximum absolute atomic E-state index is 12.8. The van der Waals surface area contributed by atoms with Crippen molar-refractivity contribution in [2.24, 2.45) is 0 Å². The molecule has 0 spiro atoms. The Balaban J connectivity index is 1.53. The Bertz CT molecular complexity index is 1030. The molecule has 1 fully saturated rings. The van der Waals surface area contributed by atoms with Crippen LogP contribution in [-0.4, -0.2) is 61.2 Å². The average molecular weight is 433 g/mol. The lowest BCUT2D eigenvalue weighted by Crippen LogP contribution is -2.51. The second-order valence-corrected chi connectivity index (χ2v) is 9.08. The van der Waals surface area contributed by atoms with Gasteiger partial charge in [-0.05, 0) is 24.1 Å². The molecule has 1 saturated heterocycles. The summed E-state index contributed by atoms with van der Waals surface area (Å²) in [4.78, 5) is 24.3. The number of nitro benzene ring substituents is 1. The molecule has 160 valence electrons. The number of nitrogens with one attached hydrogen (secondary N) is 1. The van der Waals surface area contributed by atoms with Gasteiger partial charge in [-0.2, -0.15) is 4.31 Å². The topological polar surface area (TPSA) is 113 Å². The highest BCUT2D eigenvalue weighted by molar-refractivity contribution is 7.89. The minimum atomic E-state index is -3.82. The van der Waals surface area contributed by atoms with E-state index < -0.39 is 14.9 Å². The molecule has 0 unspecified atom stereocenters. The van der Waals surface area contributed by atoms with Gasteiger partial charge in [-0.15, -0.1) is 0 Å². The molecule has 30 heavy (non-hydrogen) atoms. The molecule has 9 nitrogen and oxygen atoms in total. The number of carbonyl (C=O) groups is 1. The van der Waals surface area contributed by atoms with Gasteiger partial charge in [0.1, 0.15) is 0 Å². The lowest BCUT2D eigenvalue weighted by atomic mass is 10.1. The SMILES string of the molecule is Cc1ccccc1CNC(=O)CN1CCN(S(=O)(=O)c2cccc([N+](=O)[O-])c2)CC1. The van der Waals surface area contributed by atoms with Crippen LogP contribution in [-0.2, 0) is 21.4 Å². The number of carbonyl (C=O) groups excluding carboxylic acids is 1. The van der Waals surface area contributed by atoms with Gasteiger partial charge in [-0.1, -0.05) is 30.3 Å². The molecule has 0 aliphatic carbocycles. The third-order valence-electron chi connectivity index (χ3n) is 5.10. The zero-order valence-corrected chi connectivity index (χ0v) is 17.5. The molecule has 0 bridgehead atoms. The van der Waals surface area contributed by atoms with E-state index in [4.69, 9.17) is 0 Å². The zero-order chi connectivity index (χ0) is 21.7. The lowest BCUT2D eigenvalue weighted by Gasteiger charge is -2.33. The van der Waals surface area contributed by atoms with Crippen molar-refractivity contribution in [2.45, 2.75) is 18.4 Å². The molecule has 1 N–H and O–H groups in total. The molecule has 1 aliphatic heterocycles. The summed E-state index contributed by atoms with van der Waals surface area (Å²) in [5, 5.41) is 13.8. The number of rotatable bonds is 7. The van der Waals surface area contributed by atoms with E-state index in [1.54, 1.807) is 0 Å². The quantitative estimate of drug-likeness (QED) is 0.524. The lowest BCUT2D eigenvalue weighted by molar-refractivity contribution is -0.385. The van der Waals surface area contributed by atoms with Crippen molar-refractivity contribution in [2.75, 3.05) is 32.7 Å². The second-order valence-electron chi connectivity index (χ2n) is 7.14. The molecule has 0 atom stereocenters. The van der Waals surface area contributed by atoms with Crippen LogP contribution in [0, 0.1) is 17.0 Å². The van der Waals surface area contributed by atoms with Crippen molar-refractivity contribution in [3.05, 3.63) is 69.8 Å². The number of piperazine rings is 1. The van der Waals surface area contributed by atoms with Crippen LogP contribution in [0.5, 0.6) is 0 Å². The van der Waals surface area contributed by atoms with Crippen LogP contribution in [0.1, 0.15) is 11.1 Å². The zero-order valence-electron chi connectivity index (χ0n) is 16.7. The fraction of sp³-hybridized carbons (Fsp3) is 0.350. The molecule has 1 heterocycles. The van der Waals surface area contributed by atoms with Crippen molar-refractivity contribution < 1.29 is 18.1 Å². The van der Waals surface area contributed by atoms with Gasteiger partial charge in [-0.3, -0.25) is 19.8 Å². The Morgan fingerprint density at radius 2 is 1.80 bits per heavy atom. The van der Waals surface area contributed by atoms with E-state index in [-0.39, 0.29) is 36.1 Å². The van der Waals surface area contributed by atoms with E-state index in [0.29, 0.717) is 19.6 Å². The van der Waals surface area contributed by atoms with Gasteiger partial charge in [0.2, 0.25) is 15.9 Å². The Morgan fingerprint density at radius 3 is 2.47 bits per heavy atom. The first kappa shape index (κ1) is 21.9. The molecule has 3 rings (SSSR count). The molecule has 2 aromatic carbocycles. The van der Waals surface area contributed by atoms with Gasteiger partial charge >= 0.3 is 0 Å². The third-order valence-corrected chi connectivity index (χ3v) is 7.00. The van der Waals surface area contributed by atoms with Crippen molar-refractivity contribution in [1.29, 1.82) is 0 Å². The number of non-ortho nitro benzene ring substituents is 1. The molecule has 0 saturated carbocycles. The van der Waals surface area contributed by atoms with Crippen LogP contribution < -0.4 is 5.32 Å². The van der Waals surface area contributed by atoms with Crippen LogP contribution >= 0.6 is 0 Å². The summed E-state index contributed by atoms with van der Waals surface area (Å²) in [6, 6.07) is 12.9. The third kappa shape index (κ3) is 5.21. The number of hydrogen-bond acceptors (Lipinski definition) is 6. The Labute approximate surface area is 175 Å². The van der Waals surface area contributed by atoms with E-state index in [9.17, 15) is 23.3 Å². The van der Waals surface area contributed by atoms with Crippen molar-refractivity contribution >= 4 is 21.6 Å². The highest BCUT2D eigenvalue weighted by Crippen LogP contribution is 2.22. The van der Waals surface area contributed by atoms with Crippen LogP contribution in [0.15, 0.2) is 53.4 Å².